The van der Waals surface area contributed by atoms with Crippen LogP contribution in [-0.4, -0.2) is 35.6 Å². The molecule has 1 fully saturated rings. The summed E-state index contributed by atoms with van der Waals surface area (Å²) in [5.74, 6) is 0. The van der Waals surface area contributed by atoms with Crippen molar-refractivity contribution in [1.82, 2.24) is 4.98 Å². The van der Waals surface area contributed by atoms with Crippen molar-refractivity contribution < 1.29 is 15.1 Å². The van der Waals surface area contributed by atoms with E-state index in [2.05, 4.69) is 17.2 Å². The number of hydrogen-bond acceptors (Lipinski definition) is 2. The molecular formula is C19H28N4O2+2. The molecule has 2 aliphatic rings. The number of aromatic amines is 1. The van der Waals surface area contributed by atoms with E-state index < -0.39 is 0 Å². The minimum Gasteiger partial charge on any atom is -0.353 e. The summed E-state index contributed by atoms with van der Waals surface area (Å²) in [6.07, 6.45) is 5.98. The van der Waals surface area contributed by atoms with Crippen LogP contribution in [0.5, 0.6) is 0 Å². The normalized spacial score (nSPS) is 26.5. The van der Waals surface area contributed by atoms with Crippen LogP contribution in [0.4, 0.5) is 5.69 Å². The van der Waals surface area contributed by atoms with Gasteiger partial charge in [-0.3, -0.25) is 10.1 Å². The lowest BCUT2D eigenvalue weighted by Gasteiger charge is -2.30. The van der Waals surface area contributed by atoms with Crippen molar-refractivity contribution in [3.63, 3.8) is 0 Å². The van der Waals surface area contributed by atoms with Gasteiger partial charge in [-0.15, -0.1) is 0 Å². The van der Waals surface area contributed by atoms with E-state index in [1.54, 1.807) is 17.0 Å². The Hall–Kier alpha value is -1.92. The Kier molecular flexibility index (Phi) is 4.48. The molecule has 1 saturated heterocycles. The predicted octanol–water partition coefficient (Wildman–Crippen LogP) is 1.08. The van der Waals surface area contributed by atoms with Crippen molar-refractivity contribution in [3.05, 3.63) is 39.6 Å². The minimum absolute atomic E-state index is 0.190. The molecule has 6 heteroatoms. The second kappa shape index (κ2) is 6.77. The van der Waals surface area contributed by atoms with Gasteiger partial charge in [0.1, 0.15) is 6.04 Å². The van der Waals surface area contributed by atoms with E-state index in [9.17, 15) is 10.1 Å². The zero-order chi connectivity index (χ0) is 17.4. The average Bonchev–Trinajstić information content (AvgIpc) is 3.01. The van der Waals surface area contributed by atoms with Crippen LogP contribution < -0.4 is 10.2 Å². The number of aryl methyl sites for hydroxylation is 1. The maximum absolute atomic E-state index is 11.1. The number of hydrogen-bond donors (Lipinski definition) is 3. The SMILES string of the molecule is CC[NH+]1CCC([NH2+][C@H]2CCCc3c2[nH]c2ccc([N+](=O)[O-])cc32)CC1. The van der Waals surface area contributed by atoms with Crippen molar-refractivity contribution in [2.24, 2.45) is 0 Å². The Bertz CT molecular complexity index is 777. The Morgan fingerprint density at radius 2 is 2.12 bits per heavy atom. The number of H-pyrrole nitrogens is 1. The summed E-state index contributed by atoms with van der Waals surface area (Å²) in [5.41, 5.74) is 3.85. The summed E-state index contributed by atoms with van der Waals surface area (Å²) < 4.78 is 0. The van der Waals surface area contributed by atoms with Crippen LogP contribution in [0, 0.1) is 10.1 Å². The monoisotopic (exact) mass is 344 g/mol. The molecule has 1 aromatic carbocycles. The Balaban J connectivity index is 1.57. The molecule has 25 heavy (non-hydrogen) atoms. The minimum atomic E-state index is -0.297. The number of nitrogens with two attached hydrogens (primary N) is 1. The number of nitrogens with zero attached hydrogens (tertiary/aromatic N) is 1. The summed E-state index contributed by atoms with van der Waals surface area (Å²) in [7, 11) is 0. The van der Waals surface area contributed by atoms with Gasteiger partial charge in [-0.2, -0.15) is 0 Å². The molecule has 4 N–H and O–H groups in total. The number of benzene rings is 1. The number of nitro groups is 1. The van der Waals surface area contributed by atoms with Gasteiger partial charge in [-0.05, 0) is 31.4 Å². The number of quaternary nitrogens is 2. The Morgan fingerprint density at radius 3 is 2.84 bits per heavy atom. The van der Waals surface area contributed by atoms with E-state index in [0.717, 1.165) is 17.3 Å². The van der Waals surface area contributed by atoms with E-state index in [4.69, 9.17) is 0 Å². The molecule has 6 nitrogen and oxygen atoms in total. The van der Waals surface area contributed by atoms with E-state index in [-0.39, 0.29) is 10.6 Å². The zero-order valence-electron chi connectivity index (χ0n) is 14.9. The largest absolute Gasteiger partial charge is 0.353 e. The first kappa shape index (κ1) is 16.5. The molecular weight excluding hydrogens is 316 g/mol. The molecule has 134 valence electrons. The smallest absolute Gasteiger partial charge is 0.270 e. The van der Waals surface area contributed by atoms with Gasteiger partial charge in [0.05, 0.1) is 36.3 Å². The maximum atomic E-state index is 11.1. The van der Waals surface area contributed by atoms with Crippen LogP contribution in [0.3, 0.4) is 0 Å². The zero-order valence-corrected chi connectivity index (χ0v) is 14.9. The number of nitrogens with one attached hydrogen (secondary N) is 2. The highest BCUT2D eigenvalue weighted by molar-refractivity contribution is 5.87. The van der Waals surface area contributed by atoms with Gasteiger partial charge in [0, 0.05) is 42.3 Å². The number of fused-ring (bicyclic) bond motifs is 3. The first-order valence-electron chi connectivity index (χ1n) is 9.63. The van der Waals surface area contributed by atoms with Gasteiger partial charge in [0.15, 0.2) is 0 Å². The van der Waals surface area contributed by atoms with Crippen molar-refractivity contribution in [2.75, 3.05) is 19.6 Å². The molecule has 2 heterocycles. The summed E-state index contributed by atoms with van der Waals surface area (Å²) in [5, 5.41) is 14.7. The second-order valence-electron chi connectivity index (χ2n) is 7.64. The summed E-state index contributed by atoms with van der Waals surface area (Å²) in [6.45, 7) is 6.09. The van der Waals surface area contributed by atoms with E-state index in [1.165, 1.54) is 56.6 Å². The third-order valence-corrected chi connectivity index (χ3v) is 6.19. The van der Waals surface area contributed by atoms with Gasteiger partial charge in [0.25, 0.3) is 5.69 Å². The van der Waals surface area contributed by atoms with Crippen molar-refractivity contribution >= 4 is 16.6 Å². The van der Waals surface area contributed by atoms with Gasteiger partial charge < -0.3 is 15.2 Å². The first-order chi connectivity index (χ1) is 12.2. The molecule has 0 unspecified atom stereocenters. The fraction of sp³-hybridized carbons (Fsp3) is 0.579. The topological polar surface area (TPSA) is 80.0 Å². The van der Waals surface area contributed by atoms with E-state index >= 15 is 0 Å². The molecule has 0 bridgehead atoms. The van der Waals surface area contributed by atoms with Gasteiger partial charge in [-0.25, -0.2) is 0 Å². The summed E-state index contributed by atoms with van der Waals surface area (Å²) in [4.78, 5) is 16.1. The van der Waals surface area contributed by atoms with Gasteiger partial charge >= 0.3 is 0 Å². The number of non-ortho nitro benzene ring substituents is 1. The molecule has 0 radical (unpaired) electrons. The molecule has 0 amide bonds. The number of rotatable bonds is 4. The number of aromatic nitrogens is 1. The predicted molar refractivity (Wildman–Crippen MR) is 96.8 cm³/mol. The Labute approximate surface area is 147 Å². The molecule has 1 atom stereocenters. The van der Waals surface area contributed by atoms with Gasteiger partial charge in [0.2, 0.25) is 0 Å². The van der Waals surface area contributed by atoms with Crippen LogP contribution in [0.2, 0.25) is 0 Å². The van der Waals surface area contributed by atoms with Crippen LogP contribution in [0.25, 0.3) is 10.9 Å². The van der Waals surface area contributed by atoms with Crippen LogP contribution in [0.1, 0.15) is 49.9 Å². The number of nitro benzene ring substituents is 1. The van der Waals surface area contributed by atoms with Crippen molar-refractivity contribution in [1.29, 1.82) is 0 Å². The summed E-state index contributed by atoms with van der Waals surface area (Å²) in [6, 6.07) is 6.41. The maximum Gasteiger partial charge on any atom is 0.270 e. The fourth-order valence-electron chi connectivity index (χ4n) is 4.71. The van der Waals surface area contributed by atoms with E-state index in [0.29, 0.717) is 12.1 Å². The third kappa shape index (κ3) is 3.16. The molecule has 4 rings (SSSR count). The molecule has 2 aromatic rings. The van der Waals surface area contributed by atoms with Gasteiger partial charge in [-0.1, -0.05) is 0 Å². The van der Waals surface area contributed by atoms with Crippen LogP contribution in [-0.2, 0) is 6.42 Å². The Morgan fingerprint density at radius 1 is 1.32 bits per heavy atom. The third-order valence-electron chi connectivity index (χ3n) is 6.19. The lowest BCUT2D eigenvalue weighted by molar-refractivity contribution is -0.912. The number of likely N-dealkylation sites (tertiary alicyclic amines) is 1. The molecule has 0 saturated carbocycles. The average molecular weight is 344 g/mol. The lowest BCUT2D eigenvalue weighted by atomic mass is 9.90. The van der Waals surface area contributed by atoms with Crippen molar-refractivity contribution in [2.45, 2.75) is 51.1 Å². The van der Waals surface area contributed by atoms with Crippen molar-refractivity contribution in [3.8, 4) is 0 Å². The molecule has 0 spiro atoms. The molecule has 1 aromatic heterocycles. The highest BCUT2D eigenvalue weighted by Gasteiger charge is 2.32. The fourth-order valence-corrected chi connectivity index (χ4v) is 4.71. The quantitative estimate of drug-likeness (QED) is 0.573. The highest BCUT2D eigenvalue weighted by Crippen LogP contribution is 2.34. The number of piperidine rings is 1. The van der Waals surface area contributed by atoms with Crippen LogP contribution in [0.15, 0.2) is 18.2 Å². The first-order valence-corrected chi connectivity index (χ1v) is 9.63. The molecule has 1 aliphatic heterocycles. The summed E-state index contributed by atoms with van der Waals surface area (Å²) >= 11 is 0. The second-order valence-corrected chi connectivity index (χ2v) is 7.64. The molecule has 1 aliphatic carbocycles. The highest BCUT2D eigenvalue weighted by atomic mass is 16.6. The standard InChI is InChI=1S/C19H26N4O2/c1-2-22-10-8-13(9-11-22)20-18-5-3-4-15-16-12-14(23(24)25)6-7-17(16)21-19(15)18/h6-7,12-13,18,20-21H,2-5,8-11H2,1H3/p+2/t18-/m0/s1. The van der Waals surface area contributed by atoms with E-state index in [1.807, 2.05) is 6.07 Å². The van der Waals surface area contributed by atoms with Crippen LogP contribution >= 0.6 is 0 Å². The lowest BCUT2D eigenvalue weighted by Crippen LogP contribution is -3.14.